The average molecular weight is 338 g/mol. The number of fused-ring (bicyclic) bond motifs is 1. The number of hydrogen-bond acceptors (Lipinski definition) is 4. The van der Waals surface area contributed by atoms with Gasteiger partial charge in [-0.2, -0.15) is 0 Å². The Bertz CT molecular complexity index is 847. The number of amides is 1. The highest BCUT2D eigenvalue weighted by Gasteiger charge is 2.15. The fourth-order valence-electron chi connectivity index (χ4n) is 1.82. The van der Waals surface area contributed by atoms with E-state index in [9.17, 15) is 4.79 Å². The summed E-state index contributed by atoms with van der Waals surface area (Å²) in [6.45, 7) is 2.01. The van der Waals surface area contributed by atoms with Gasteiger partial charge in [0.2, 0.25) is 0 Å². The lowest BCUT2D eigenvalue weighted by molar-refractivity contribution is 0.102. The smallest absolute Gasteiger partial charge is 0.277 e. The van der Waals surface area contributed by atoms with Crippen LogP contribution in [0.1, 0.15) is 16.1 Å². The van der Waals surface area contributed by atoms with Gasteiger partial charge in [0.15, 0.2) is 5.13 Å². The van der Waals surface area contributed by atoms with Crippen LogP contribution in [0.2, 0.25) is 10.2 Å². The van der Waals surface area contributed by atoms with E-state index in [0.717, 1.165) is 15.8 Å². The molecule has 0 aliphatic rings. The molecule has 0 aliphatic carbocycles. The number of hydrogen-bond donors (Lipinski definition) is 1. The van der Waals surface area contributed by atoms with Gasteiger partial charge >= 0.3 is 0 Å². The van der Waals surface area contributed by atoms with E-state index >= 15 is 0 Å². The molecule has 2 aromatic heterocycles. The largest absolute Gasteiger partial charge is 0.296 e. The molecule has 0 aliphatic heterocycles. The molecule has 3 aromatic rings. The molecule has 0 radical (unpaired) electrons. The van der Waals surface area contributed by atoms with E-state index in [0.29, 0.717) is 5.13 Å². The van der Waals surface area contributed by atoms with Gasteiger partial charge < -0.3 is 0 Å². The molecule has 4 nitrogen and oxygen atoms in total. The Labute approximate surface area is 134 Å². The molecule has 0 fully saturated rings. The summed E-state index contributed by atoms with van der Waals surface area (Å²) in [5.41, 5.74) is 2.06. The van der Waals surface area contributed by atoms with Crippen LogP contribution in [-0.2, 0) is 0 Å². The van der Waals surface area contributed by atoms with Crippen LogP contribution in [0.15, 0.2) is 30.3 Å². The summed E-state index contributed by atoms with van der Waals surface area (Å²) in [5, 5.41) is 3.65. The van der Waals surface area contributed by atoms with Crippen LogP contribution in [0.5, 0.6) is 0 Å². The van der Waals surface area contributed by atoms with Gasteiger partial charge in [0.25, 0.3) is 5.91 Å². The quantitative estimate of drug-likeness (QED) is 0.697. The number of nitrogens with one attached hydrogen (secondary N) is 1. The van der Waals surface area contributed by atoms with Gasteiger partial charge in [-0.25, -0.2) is 9.97 Å². The van der Waals surface area contributed by atoms with Crippen LogP contribution >= 0.6 is 34.5 Å². The van der Waals surface area contributed by atoms with Crippen molar-refractivity contribution in [2.75, 3.05) is 5.32 Å². The lowest BCUT2D eigenvalue weighted by Crippen LogP contribution is -2.14. The van der Waals surface area contributed by atoms with Gasteiger partial charge in [-0.15, -0.1) is 0 Å². The molecule has 0 saturated carbocycles. The molecule has 1 N–H and O–H groups in total. The fraction of sp³-hybridized carbons (Fsp3) is 0.0714. The maximum absolute atomic E-state index is 12.2. The van der Waals surface area contributed by atoms with E-state index in [4.69, 9.17) is 23.2 Å². The molecule has 21 heavy (non-hydrogen) atoms. The van der Waals surface area contributed by atoms with Crippen molar-refractivity contribution in [3.8, 4) is 0 Å². The normalized spacial score (nSPS) is 10.8. The van der Waals surface area contributed by atoms with E-state index in [1.807, 2.05) is 25.1 Å². The van der Waals surface area contributed by atoms with Crippen LogP contribution in [0.3, 0.4) is 0 Å². The van der Waals surface area contributed by atoms with Gasteiger partial charge in [0, 0.05) is 0 Å². The number of carbonyl (C=O) groups is 1. The van der Waals surface area contributed by atoms with Gasteiger partial charge in [0.1, 0.15) is 10.8 Å². The van der Waals surface area contributed by atoms with Crippen molar-refractivity contribution in [1.29, 1.82) is 0 Å². The van der Waals surface area contributed by atoms with Crippen molar-refractivity contribution in [3.63, 3.8) is 0 Å². The Kier molecular flexibility index (Phi) is 3.80. The molecule has 106 valence electrons. The Morgan fingerprint density at radius 1 is 1.19 bits per heavy atom. The number of pyridine rings is 1. The van der Waals surface area contributed by atoms with E-state index in [-0.39, 0.29) is 15.9 Å². The second kappa shape index (κ2) is 5.60. The zero-order valence-corrected chi connectivity index (χ0v) is 13.2. The molecule has 0 bridgehead atoms. The highest BCUT2D eigenvalue weighted by atomic mass is 35.5. The Balaban J connectivity index is 1.90. The summed E-state index contributed by atoms with van der Waals surface area (Å²) >= 11 is 13.1. The zero-order chi connectivity index (χ0) is 15.0. The predicted molar refractivity (Wildman–Crippen MR) is 86.6 cm³/mol. The maximum atomic E-state index is 12.2. The Morgan fingerprint density at radius 3 is 2.81 bits per heavy atom. The summed E-state index contributed by atoms with van der Waals surface area (Å²) in [6, 6.07) is 8.98. The number of thiazole rings is 1. The second-order valence-corrected chi connectivity index (χ2v) is 6.23. The number of halogens is 2. The summed E-state index contributed by atoms with van der Waals surface area (Å²) < 4.78 is 1.01. The number of benzene rings is 1. The number of nitrogens with zero attached hydrogens (tertiary/aromatic N) is 2. The van der Waals surface area contributed by atoms with Crippen LogP contribution in [0.4, 0.5) is 5.13 Å². The van der Waals surface area contributed by atoms with Crippen LogP contribution in [-0.4, -0.2) is 15.9 Å². The first-order valence-corrected chi connectivity index (χ1v) is 7.61. The van der Waals surface area contributed by atoms with Crippen molar-refractivity contribution in [3.05, 3.63) is 51.8 Å². The van der Waals surface area contributed by atoms with E-state index < -0.39 is 5.91 Å². The maximum Gasteiger partial charge on any atom is 0.277 e. The summed E-state index contributed by atoms with van der Waals surface area (Å²) in [6.07, 6.45) is 0. The first-order valence-electron chi connectivity index (χ1n) is 6.03. The van der Waals surface area contributed by atoms with E-state index in [1.165, 1.54) is 23.5 Å². The summed E-state index contributed by atoms with van der Waals surface area (Å²) in [4.78, 5) is 20.5. The first kappa shape index (κ1) is 14.3. The molecule has 3 rings (SSSR count). The summed E-state index contributed by atoms with van der Waals surface area (Å²) in [7, 11) is 0. The average Bonchev–Trinajstić information content (AvgIpc) is 2.82. The highest BCUT2D eigenvalue weighted by molar-refractivity contribution is 7.22. The van der Waals surface area contributed by atoms with Gasteiger partial charge in [-0.05, 0) is 36.8 Å². The minimum Gasteiger partial charge on any atom is -0.296 e. The van der Waals surface area contributed by atoms with E-state index in [1.54, 1.807) is 0 Å². The third-order valence-corrected chi connectivity index (χ3v) is 4.24. The minimum atomic E-state index is -0.432. The predicted octanol–water partition coefficient (Wildman–Crippen LogP) is 4.56. The van der Waals surface area contributed by atoms with Crippen LogP contribution in [0, 0.1) is 6.92 Å². The van der Waals surface area contributed by atoms with Crippen molar-refractivity contribution in [2.24, 2.45) is 0 Å². The van der Waals surface area contributed by atoms with Crippen LogP contribution in [0.25, 0.3) is 10.2 Å². The Hall–Kier alpha value is -1.69. The summed E-state index contributed by atoms with van der Waals surface area (Å²) in [5.74, 6) is -0.432. The monoisotopic (exact) mass is 337 g/mol. The molecule has 2 heterocycles. The van der Waals surface area contributed by atoms with Crippen molar-refractivity contribution < 1.29 is 4.79 Å². The highest BCUT2D eigenvalue weighted by Crippen LogP contribution is 2.27. The van der Waals surface area contributed by atoms with E-state index in [2.05, 4.69) is 15.3 Å². The molecule has 0 atom stereocenters. The molecule has 7 heteroatoms. The molecular weight excluding hydrogens is 329 g/mol. The molecule has 0 spiro atoms. The number of anilines is 1. The number of rotatable bonds is 2. The Morgan fingerprint density at radius 2 is 2.00 bits per heavy atom. The molecule has 0 unspecified atom stereocenters. The number of carbonyl (C=O) groups excluding carboxylic acids is 1. The fourth-order valence-corrected chi connectivity index (χ4v) is 3.12. The van der Waals surface area contributed by atoms with Gasteiger partial charge in [-0.1, -0.05) is 40.6 Å². The SMILES string of the molecule is Cc1ccc2nc(NC(=O)c3nc(Cl)ccc3Cl)sc2c1. The van der Waals surface area contributed by atoms with Crippen molar-refractivity contribution >= 4 is 55.8 Å². The van der Waals surface area contributed by atoms with Crippen molar-refractivity contribution in [1.82, 2.24) is 9.97 Å². The third kappa shape index (κ3) is 3.00. The molecule has 1 aromatic carbocycles. The molecule has 1 amide bonds. The molecular formula is C14H9Cl2N3OS. The number of aryl methyl sites for hydroxylation is 1. The lowest BCUT2D eigenvalue weighted by atomic mass is 10.2. The topological polar surface area (TPSA) is 54.9 Å². The molecule has 0 saturated heterocycles. The number of aromatic nitrogens is 2. The van der Waals surface area contributed by atoms with Crippen LogP contribution < -0.4 is 5.32 Å². The lowest BCUT2D eigenvalue weighted by Gasteiger charge is -2.03. The zero-order valence-electron chi connectivity index (χ0n) is 10.9. The van der Waals surface area contributed by atoms with Gasteiger partial charge in [-0.3, -0.25) is 10.1 Å². The minimum absolute atomic E-state index is 0.0830. The second-order valence-electron chi connectivity index (χ2n) is 4.41. The van der Waals surface area contributed by atoms with Gasteiger partial charge in [0.05, 0.1) is 15.2 Å². The third-order valence-electron chi connectivity index (χ3n) is 2.79. The standard InChI is InChI=1S/C14H9Cl2N3OS/c1-7-2-4-9-10(6-7)21-14(17-9)19-13(20)12-8(15)3-5-11(16)18-12/h2-6H,1H3,(H,17,19,20). The van der Waals surface area contributed by atoms with Crippen molar-refractivity contribution in [2.45, 2.75) is 6.92 Å². The first-order chi connectivity index (χ1) is 10.0.